The second-order valence-corrected chi connectivity index (χ2v) is 11.3. The molecule has 1 saturated heterocycles. The average Bonchev–Trinajstić information content (AvgIpc) is 2.92. The maximum atomic E-state index is 15.0. The van der Waals surface area contributed by atoms with Gasteiger partial charge in [-0.25, -0.2) is 12.8 Å². The molecular weight excluding hydrogens is 550 g/mol. The van der Waals surface area contributed by atoms with Crippen LogP contribution >= 0.6 is 23.2 Å². The van der Waals surface area contributed by atoms with E-state index in [4.69, 9.17) is 23.2 Å². The number of nitrogens with one attached hydrogen (secondary N) is 1. The summed E-state index contributed by atoms with van der Waals surface area (Å²) < 4.78 is 43.3. The second kappa shape index (κ2) is 10.9. The Morgan fingerprint density at radius 2 is 1.71 bits per heavy atom. The van der Waals surface area contributed by atoms with Crippen molar-refractivity contribution in [1.82, 2.24) is 14.8 Å². The molecule has 0 aliphatic carbocycles. The number of amides is 1. The predicted octanol–water partition coefficient (Wildman–Crippen LogP) is 5.44. The smallest absolute Gasteiger partial charge is 0.264 e. The lowest BCUT2D eigenvalue weighted by atomic mass is 10.1. The Balaban J connectivity index is 1.25. The lowest BCUT2D eigenvalue weighted by molar-refractivity contribution is 0.0628. The van der Waals surface area contributed by atoms with Gasteiger partial charge in [-0.05, 0) is 42.0 Å². The minimum absolute atomic E-state index is 0.0629. The summed E-state index contributed by atoms with van der Waals surface area (Å²) in [5.41, 5.74) is 1.09. The fourth-order valence-corrected chi connectivity index (χ4v) is 6.05. The van der Waals surface area contributed by atoms with Crippen LogP contribution in [-0.2, 0) is 16.6 Å². The monoisotopic (exact) mass is 572 g/mol. The van der Waals surface area contributed by atoms with E-state index in [2.05, 4.69) is 14.6 Å². The maximum absolute atomic E-state index is 15.0. The number of anilines is 1. The van der Waals surface area contributed by atoms with Crippen LogP contribution in [0.1, 0.15) is 15.9 Å². The zero-order chi connectivity index (χ0) is 26.9. The van der Waals surface area contributed by atoms with Crippen molar-refractivity contribution in [1.29, 1.82) is 0 Å². The largest absolute Gasteiger partial charge is 0.336 e. The number of rotatable bonds is 6. The van der Waals surface area contributed by atoms with Crippen LogP contribution in [0.2, 0.25) is 10.0 Å². The number of para-hydroxylation sites is 1. The molecular formula is C27H23Cl2FN4O3S. The summed E-state index contributed by atoms with van der Waals surface area (Å²) in [6.45, 7) is 2.77. The van der Waals surface area contributed by atoms with Crippen molar-refractivity contribution >= 4 is 55.7 Å². The van der Waals surface area contributed by atoms with E-state index >= 15 is 0 Å². The molecule has 11 heteroatoms. The summed E-state index contributed by atoms with van der Waals surface area (Å²) in [7, 11) is -4.12. The van der Waals surface area contributed by atoms with Gasteiger partial charge in [0.25, 0.3) is 15.9 Å². The summed E-state index contributed by atoms with van der Waals surface area (Å²) in [5, 5.41) is 1.67. The maximum Gasteiger partial charge on any atom is 0.264 e. The molecule has 1 fully saturated rings. The van der Waals surface area contributed by atoms with E-state index < -0.39 is 15.8 Å². The number of piperazine rings is 1. The van der Waals surface area contributed by atoms with Crippen LogP contribution in [-0.4, -0.2) is 55.3 Å². The molecule has 4 aromatic rings. The number of carbonyl (C=O) groups is 1. The van der Waals surface area contributed by atoms with Crippen LogP contribution in [0, 0.1) is 5.82 Å². The van der Waals surface area contributed by atoms with Crippen molar-refractivity contribution in [2.75, 3.05) is 30.9 Å². The highest BCUT2D eigenvalue weighted by atomic mass is 35.5. The Labute approximate surface area is 229 Å². The summed E-state index contributed by atoms with van der Waals surface area (Å²) in [5.74, 6) is -1.17. The first-order valence-corrected chi connectivity index (χ1v) is 14.1. The van der Waals surface area contributed by atoms with Gasteiger partial charge in [0.2, 0.25) is 0 Å². The van der Waals surface area contributed by atoms with Crippen LogP contribution in [0.25, 0.3) is 10.9 Å². The SMILES string of the molecule is O=C(c1ccc(NS(=O)(=O)c2cccc3cccnc23)c(F)c1)N1CCN(Cc2cccc(Cl)c2Cl)CC1. The Morgan fingerprint density at radius 1 is 0.974 bits per heavy atom. The normalized spacial score (nSPS) is 14.6. The predicted molar refractivity (Wildman–Crippen MR) is 147 cm³/mol. The lowest BCUT2D eigenvalue weighted by Gasteiger charge is -2.35. The van der Waals surface area contributed by atoms with E-state index in [1.165, 1.54) is 24.4 Å². The van der Waals surface area contributed by atoms with Crippen molar-refractivity contribution in [2.45, 2.75) is 11.4 Å². The van der Waals surface area contributed by atoms with Gasteiger partial charge in [0.05, 0.1) is 21.2 Å². The summed E-state index contributed by atoms with van der Waals surface area (Å²) >= 11 is 12.4. The van der Waals surface area contributed by atoms with E-state index in [-0.39, 0.29) is 27.6 Å². The molecule has 196 valence electrons. The van der Waals surface area contributed by atoms with Crippen molar-refractivity contribution in [3.05, 3.63) is 99.9 Å². The Morgan fingerprint density at radius 3 is 2.47 bits per heavy atom. The van der Waals surface area contributed by atoms with Gasteiger partial charge in [-0.1, -0.05) is 53.5 Å². The van der Waals surface area contributed by atoms with Gasteiger partial charge in [0, 0.05) is 49.9 Å². The number of hydrogen-bond acceptors (Lipinski definition) is 5. The molecule has 0 radical (unpaired) electrons. The van der Waals surface area contributed by atoms with Crippen molar-refractivity contribution < 1.29 is 17.6 Å². The zero-order valence-corrected chi connectivity index (χ0v) is 22.4. The van der Waals surface area contributed by atoms with Gasteiger partial charge in [-0.2, -0.15) is 0 Å². The molecule has 0 atom stereocenters. The highest BCUT2D eigenvalue weighted by molar-refractivity contribution is 7.93. The van der Waals surface area contributed by atoms with E-state index in [1.807, 2.05) is 12.1 Å². The van der Waals surface area contributed by atoms with Gasteiger partial charge in [0.1, 0.15) is 10.7 Å². The van der Waals surface area contributed by atoms with Crippen LogP contribution in [0.5, 0.6) is 0 Å². The van der Waals surface area contributed by atoms with Crippen LogP contribution in [0.15, 0.2) is 77.8 Å². The van der Waals surface area contributed by atoms with Crippen molar-refractivity contribution in [2.24, 2.45) is 0 Å². The molecule has 1 N–H and O–H groups in total. The van der Waals surface area contributed by atoms with Crippen LogP contribution < -0.4 is 4.72 Å². The molecule has 1 aliphatic heterocycles. The van der Waals surface area contributed by atoms with Gasteiger partial charge in [0.15, 0.2) is 0 Å². The molecule has 5 rings (SSSR count). The standard InChI is InChI=1S/C27H23Cl2FN4O3S/c28-21-7-1-5-20(25(21)29)17-33-12-14-34(15-13-33)27(35)19-9-10-23(22(30)16-19)32-38(36,37)24-8-2-4-18-6-3-11-31-26(18)24/h1-11,16,32H,12-15,17H2. The summed E-state index contributed by atoms with van der Waals surface area (Å²) in [6.07, 6.45) is 1.49. The number of pyridine rings is 1. The van der Waals surface area contributed by atoms with E-state index in [9.17, 15) is 17.6 Å². The van der Waals surface area contributed by atoms with Gasteiger partial charge in [-0.15, -0.1) is 0 Å². The zero-order valence-electron chi connectivity index (χ0n) is 20.1. The quantitative estimate of drug-likeness (QED) is 0.332. The molecule has 1 aliphatic rings. The number of carbonyl (C=O) groups excluding carboxylic acids is 1. The van der Waals surface area contributed by atoms with Crippen LogP contribution in [0.3, 0.4) is 0 Å². The Kier molecular flexibility index (Phi) is 7.54. The third kappa shape index (κ3) is 5.47. The summed E-state index contributed by atoms with van der Waals surface area (Å²) in [4.78, 5) is 20.9. The summed E-state index contributed by atoms with van der Waals surface area (Å²) in [6, 6.07) is 17.4. The fraction of sp³-hybridized carbons (Fsp3) is 0.185. The fourth-order valence-electron chi connectivity index (χ4n) is 4.43. The molecule has 1 amide bonds. The first kappa shape index (κ1) is 26.4. The molecule has 0 spiro atoms. The van der Waals surface area contributed by atoms with Crippen molar-refractivity contribution in [3.8, 4) is 0 Å². The van der Waals surface area contributed by atoms with Gasteiger partial charge >= 0.3 is 0 Å². The number of hydrogen-bond donors (Lipinski definition) is 1. The van der Waals surface area contributed by atoms with Crippen molar-refractivity contribution in [3.63, 3.8) is 0 Å². The highest BCUT2D eigenvalue weighted by Gasteiger charge is 2.25. The number of aromatic nitrogens is 1. The van der Waals surface area contributed by atoms with Crippen LogP contribution in [0.4, 0.5) is 10.1 Å². The number of benzene rings is 3. The molecule has 3 aromatic carbocycles. The molecule has 0 unspecified atom stereocenters. The topological polar surface area (TPSA) is 82.6 Å². The number of halogens is 3. The third-order valence-electron chi connectivity index (χ3n) is 6.43. The Hall–Kier alpha value is -3.24. The number of fused-ring (bicyclic) bond motifs is 1. The molecule has 0 saturated carbocycles. The molecule has 2 heterocycles. The lowest BCUT2D eigenvalue weighted by Crippen LogP contribution is -2.48. The highest BCUT2D eigenvalue weighted by Crippen LogP contribution is 2.28. The second-order valence-electron chi connectivity index (χ2n) is 8.91. The molecule has 0 bridgehead atoms. The number of sulfonamides is 1. The van der Waals surface area contributed by atoms with Gasteiger partial charge in [-0.3, -0.25) is 19.4 Å². The Bertz CT molecular complexity index is 1620. The molecule has 1 aromatic heterocycles. The third-order valence-corrected chi connectivity index (χ3v) is 8.69. The van der Waals surface area contributed by atoms with E-state index in [0.717, 1.165) is 11.6 Å². The first-order chi connectivity index (χ1) is 18.2. The van der Waals surface area contributed by atoms with E-state index in [0.29, 0.717) is 48.2 Å². The van der Waals surface area contributed by atoms with E-state index in [1.54, 1.807) is 35.2 Å². The number of nitrogens with zero attached hydrogens (tertiary/aromatic N) is 3. The first-order valence-electron chi connectivity index (χ1n) is 11.8. The molecule has 38 heavy (non-hydrogen) atoms. The average molecular weight is 573 g/mol. The van der Waals surface area contributed by atoms with Gasteiger partial charge < -0.3 is 4.90 Å². The minimum atomic E-state index is -4.12. The molecule has 7 nitrogen and oxygen atoms in total. The minimum Gasteiger partial charge on any atom is -0.336 e.